The van der Waals surface area contributed by atoms with Crippen molar-refractivity contribution in [1.29, 1.82) is 0 Å². The molecule has 1 aliphatic heterocycles. The molecule has 24 heavy (non-hydrogen) atoms. The van der Waals surface area contributed by atoms with Crippen LogP contribution in [0.15, 0.2) is 36.4 Å². The molecular weight excluding hydrogens is 332 g/mol. The second-order valence-electron chi connectivity index (χ2n) is 5.26. The Balaban J connectivity index is 1.54. The normalized spacial score (nSPS) is 13.0. The minimum Gasteiger partial charge on any atom is -0.486 e. The monoisotopic (exact) mass is 344 g/mol. The number of benzene rings is 2. The zero-order valence-corrected chi connectivity index (χ0v) is 13.3. The van der Waals surface area contributed by atoms with Gasteiger partial charge < -0.3 is 14.8 Å². The number of nitrogens with zero attached hydrogens (tertiary/aromatic N) is 3. The van der Waals surface area contributed by atoms with Crippen molar-refractivity contribution < 1.29 is 14.3 Å². The average Bonchev–Trinajstić information content (AvgIpc) is 2.99. The zero-order chi connectivity index (χ0) is 16.5. The Morgan fingerprint density at radius 2 is 1.96 bits per heavy atom. The average molecular weight is 345 g/mol. The molecule has 7 nitrogen and oxygen atoms in total. The summed E-state index contributed by atoms with van der Waals surface area (Å²) in [4.78, 5) is 12.3. The van der Waals surface area contributed by atoms with Crippen LogP contribution in [0, 0.1) is 0 Å². The summed E-state index contributed by atoms with van der Waals surface area (Å²) >= 11 is 6.20. The smallest absolute Gasteiger partial charge is 0.246 e. The highest BCUT2D eigenvalue weighted by Gasteiger charge is 2.17. The van der Waals surface area contributed by atoms with E-state index in [1.165, 1.54) is 4.68 Å². The van der Waals surface area contributed by atoms with E-state index in [4.69, 9.17) is 21.1 Å². The van der Waals surface area contributed by atoms with Gasteiger partial charge in [0, 0.05) is 12.1 Å². The maximum absolute atomic E-state index is 12.3. The lowest BCUT2D eigenvalue weighted by Crippen LogP contribution is -2.20. The highest BCUT2D eigenvalue weighted by atomic mass is 35.5. The van der Waals surface area contributed by atoms with E-state index in [1.807, 2.05) is 24.3 Å². The number of hydrogen-bond donors (Lipinski definition) is 1. The van der Waals surface area contributed by atoms with Gasteiger partial charge in [-0.05, 0) is 12.1 Å². The number of para-hydroxylation sites is 1. The van der Waals surface area contributed by atoms with E-state index in [0.29, 0.717) is 35.4 Å². The van der Waals surface area contributed by atoms with Crippen molar-refractivity contribution in [2.75, 3.05) is 18.5 Å². The van der Waals surface area contributed by atoms with Crippen LogP contribution in [0.3, 0.4) is 0 Å². The van der Waals surface area contributed by atoms with Crippen LogP contribution in [0.5, 0.6) is 11.5 Å². The number of hydrogen-bond acceptors (Lipinski definition) is 5. The van der Waals surface area contributed by atoms with Crippen LogP contribution >= 0.6 is 11.6 Å². The van der Waals surface area contributed by atoms with Crippen LogP contribution < -0.4 is 14.8 Å². The van der Waals surface area contributed by atoms with Gasteiger partial charge in [0.05, 0.1) is 16.2 Å². The molecule has 2 heterocycles. The molecule has 1 N–H and O–H groups in total. The Morgan fingerprint density at radius 3 is 2.79 bits per heavy atom. The Hall–Kier alpha value is -2.80. The molecule has 8 heteroatoms. The van der Waals surface area contributed by atoms with Crippen molar-refractivity contribution in [3.63, 3.8) is 0 Å². The van der Waals surface area contributed by atoms with Gasteiger partial charge >= 0.3 is 0 Å². The Morgan fingerprint density at radius 1 is 1.21 bits per heavy atom. The number of halogens is 1. The summed E-state index contributed by atoms with van der Waals surface area (Å²) in [6.45, 7) is 0.979. The first-order valence-electron chi connectivity index (χ1n) is 7.38. The largest absolute Gasteiger partial charge is 0.486 e. The summed E-state index contributed by atoms with van der Waals surface area (Å²) in [5, 5.41) is 11.2. The molecule has 1 aromatic heterocycles. The maximum atomic E-state index is 12.3. The van der Waals surface area contributed by atoms with Crippen LogP contribution in [-0.4, -0.2) is 34.1 Å². The third kappa shape index (κ3) is 2.74. The highest BCUT2D eigenvalue weighted by molar-refractivity contribution is 6.34. The standard InChI is InChI=1S/C16H13ClN4O3/c17-10-7-14-15(24-6-5-23-14)8-12(10)18-16(22)9-21-13-4-2-1-3-11(13)19-20-21/h1-4,7-8H,5-6,9H2,(H,18,22). The summed E-state index contributed by atoms with van der Waals surface area (Å²) < 4.78 is 12.5. The van der Waals surface area contributed by atoms with Gasteiger partial charge in [0.15, 0.2) is 11.5 Å². The highest BCUT2D eigenvalue weighted by Crippen LogP contribution is 2.37. The first kappa shape index (κ1) is 14.8. The molecule has 0 fully saturated rings. The van der Waals surface area contributed by atoms with Gasteiger partial charge in [-0.15, -0.1) is 5.10 Å². The molecule has 0 saturated carbocycles. The number of carbonyl (C=O) groups is 1. The Bertz CT molecular complexity index is 925. The van der Waals surface area contributed by atoms with Crippen LogP contribution in [0.25, 0.3) is 11.0 Å². The fraction of sp³-hybridized carbons (Fsp3) is 0.188. The molecule has 2 aromatic carbocycles. The van der Waals surface area contributed by atoms with Crippen molar-refractivity contribution in [1.82, 2.24) is 15.0 Å². The lowest BCUT2D eigenvalue weighted by Gasteiger charge is -2.20. The van der Waals surface area contributed by atoms with E-state index in [1.54, 1.807) is 12.1 Å². The van der Waals surface area contributed by atoms with Gasteiger partial charge in [0.1, 0.15) is 25.3 Å². The number of anilines is 1. The number of aromatic nitrogens is 3. The molecule has 0 atom stereocenters. The molecule has 0 saturated heterocycles. The minimum absolute atomic E-state index is 0.0330. The fourth-order valence-electron chi connectivity index (χ4n) is 2.52. The van der Waals surface area contributed by atoms with Gasteiger partial charge in [0.2, 0.25) is 5.91 Å². The first-order chi connectivity index (χ1) is 11.7. The lowest BCUT2D eigenvalue weighted by molar-refractivity contribution is -0.116. The van der Waals surface area contributed by atoms with Crippen LogP contribution in [-0.2, 0) is 11.3 Å². The third-order valence-electron chi connectivity index (χ3n) is 3.62. The first-order valence-corrected chi connectivity index (χ1v) is 7.76. The van der Waals surface area contributed by atoms with Gasteiger partial charge in [-0.25, -0.2) is 4.68 Å². The van der Waals surface area contributed by atoms with Gasteiger partial charge in [-0.3, -0.25) is 4.79 Å². The van der Waals surface area contributed by atoms with E-state index in [9.17, 15) is 4.79 Å². The molecule has 0 spiro atoms. The molecular formula is C16H13ClN4O3. The molecule has 1 aliphatic rings. The predicted molar refractivity (Wildman–Crippen MR) is 88.6 cm³/mol. The quantitative estimate of drug-likeness (QED) is 0.789. The molecule has 0 unspecified atom stereocenters. The van der Waals surface area contributed by atoms with E-state index in [0.717, 1.165) is 11.0 Å². The maximum Gasteiger partial charge on any atom is 0.246 e. The summed E-state index contributed by atoms with van der Waals surface area (Å²) in [6.07, 6.45) is 0. The van der Waals surface area contributed by atoms with Gasteiger partial charge in [-0.1, -0.05) is 28.9 Å². The van der Waals surface area contributed by atoms with Crippen molar-refractivity contribution in [2.45, 2.75) is 6.54 Å². The number of carbonyl (C=O) groups excluding carboxylic acids is 1. The van der Waals surface area contributed by atoms with E-state index in [-0.39, 0.29) is 12.5 Å². The molecule has 122 valence electrons. The van der Waals surface area contributed by atoms with E-state index < -0.39 is 0 Å². The molecule has 1 amide bonds. The predicted octanol–water partition coefficient (Wildman–Crippen LogP) is 2.49. The number of nitrogens with one attached hydrogen (secondary N) is 1. The van der Waals surface area contributed by atoms with E-state index >= 15 is 0 Å². The second-order valence-corrected chi connectivity index (χ2v) is 5.67. The summed E-state index contributed by atoms with van der Waals surface area (Å²) in [5.41, 5.74) is 2.00. The van der Waals surface area contributed by atoms with Gasteiger partial charge in [0.25, 0.3) is 0 Å². The van der Waals surface area contributed by atoms with Crippen molar-refractivity contribution >= 4 is 34.2 Å². The van der Waals surface area contributed by atoms with Crippen molar-refractivity contribution in [2.24, 2.45) is 0 Å². The number of rotatable bonds is 3. The summed E-state index contributed by atoms with van der Waals surface area (Å²) in [5.74, 6) is 0.878. The lowest BCUT2D eigenvalue weighted by atomic mass is 10.2. The topological polar surface area (TPSA) is 78.3 Å². The van der Waals surface area contributed by atoms with Gasteiger partial charge in [-0.2, -0.15) is 0 Å². The summed E-state index contributed by atoms with van der Waals surface area (Å²) in [7, 11) is 0. The van der Waals surface area contributed by atoms with Crippen LogP contribution in [0.1, 0.15) is 0 Å². The van der Waals surface area contributed by atoms with E-state index in [2.05, 4.69) is 15.6 Å². The molecule has 0 aliphatic carbocycles. The number of fused-ring (bicyclic) bond motifs is 2. The van der Waals surface area contributed by atoms with Crippen molar-refractivity contribution in [3.8, 4) is 11.5 Å². The zero-order valence-electron chi connectivity index (χ0n) is 12.5. The molecule has 4 rings (SSSR count). The van der Waals surface area contributed by atoms with Crippen molar-refractivity contribution in [3.05, 3.63) is 41.4 Å². The number of ether oxygens (including phenoxy) is 2. The molecule has 0 bridgehead atoms. The second kappa shape index (κ2) is 6.01. The Kier molecular flexibility index (Phi) is 3.70. The van der Waals surface area contributed by atoms with Crippen LogP contribution in [0.2, 0.25) is 5.02 Å². The molecule has 0 radical (unpaired) electrons. The SMILES string of the molecule is O=C(Cn1nnc2ccccc21)Nc1cc2c(cc1Cl)OCCO2. The molecule has 3 aromatic rings. The summed E-state index contributed by atoms with van der Waals surface area (Å²) in [6, 6.07) is 10.7. The fourth-order valence-corrected chi connectivity index (χ4v) is 2.72. The van der Waals surface area contributed by atoms with Crippen LogP contribution in [0.4, 0.5) is 5.69 Å². The number of amides is 1. The minimum atomic E-state index is -0.260. The third-order valence-corrected chi connectivity index (χ3v) is 3.93. The Labute approximate surface area is 142 Å².